The molecule has 4 rings (SSSR count). The smallest absolute Gasteiger partial charge is 0.206 e. The molecular weight excluding hydrogens is 482 g/mol. The number of hydrogen-bond acceptors (Lipinski definition) is 7. The van der Waals surface area contributed by atoms with E-state index in [9.17, 15) is 29.7 Å². The molecule has 38 heavy (non-hydrogen) atoms. The summed E-state index contributed by atoms with van der Waals surface area (Å²) in [6, 6.07) is 1.85. The number of fused-ring (bicyclic) bond motifs is 3. The number of benzene rings is 1. The Kier molecular flexibility index (Phi) is 6.54. The van der Waals surface area contributed by atoms with Gasteiger partial charge in [0.1, 0.15) is 11.5 Å². The van der Waals surface area contributed by atoms with Crippen molar-refractivity contribution >= 4 is 23.1 Å². The first-order valence-electron chi connectivity index (χ1n) is 13.0. The maximum atomic E-state index is 14.2. The van der Waals surface area contributed by atoms with Crippen LogP contribution >= 0.6 is 0 Å². The number of hydrogen-bond donors (Lipinski definition) is 3. The van der Waals surface area contributed by atoms with Gasteiger partial charge in [0.25, 0.3) is 0 Å². The summed E-state index contributed by atoms with van der Waals surface area (Å²) in [6.45, 7) is 11.0. The number of phenolic OH excluding ortho intramolecular Hbond substituents is 1. The van der Waals surface area contributed by atoms with Gasteiger partial charge in [-0.3, -0.25) is 19.3 Å². The maximum Gasteiger partial charge on any atom is 0.206 e. The van der Waals surface area contributed by atoms with Crippen molar-refractivity contribution in [3.05, 3.63) is 45.0 Å². The molecule has 0 aromatic heterocycles. The number of carbonyl (C=O) groups excluding carboxylic acids is 3. The van der Waals surface area contributed by atoms with Crippen molar-refractivity contribution in [2.45, 2.75) is 72.3 Å². The van der Waals surface area contributed by atoms with Gasteiger partial charge in [-0.25, -0.2) is 0 Å². The van der Waals surface area contributed by atoms with Gasteiger partial charge in [-0.15, -0.1) is 0 Å². The molecule has 1 saturated carbocycles. The molecule has 1 aromatic carbocycles. The zero-order chi connectivity index (χ0) is 28.5. The maximum absolute atomic E-state index is 14.2. The fraction of sp³-hybridized carbons (Fsp3) is 0.516. The van der Waals surface area contributed by atoms with Crippen LogP contribution in [0.4, 0.5) is 0 Å². The molecule has 3 aliphatic carbocycles. The Morgan fingerprint density at radius 1 is 1.13 bits per heavy atom. The van der Waals surface area contributed by atoms with Crippen LogP contribution in [0, 0.1) is 22.7 Å². The lowest BCUT2D eigenvalue weighted by molar-refractivity contribution is -0.171. The molecule has 0 spiro atoms. The summed E-state index contributed by atoms with van der Waals surface area (Å²) in [6.07, 6.45) is 0.773. The highest BCUT2D eigenvalue weighted by Gasteiger charge is 2.69. The Hall–Kier alpha value is -3.21. The molecule has 7 nitrogen and oxygen atoms in total. The molecular formula is C31H37NO6. The first-order chi connectivity index (χ1) is 17.5. The molecule has 0 amide bonds. The predicted molar refractivity (Wildman–Crippen MR) is 145 cm³/mol. The lowest BCUT2D eigenvalue weighted by Gasteiger charge is -2.56. The Morgan fingerprint density at radius 2 is 1.76 bits per heavy atom. The molecule has 3 atom stereocenters. The van der Waals surface area contributed by atoms with Crippen LogP contribution in [0.25, 0.3) is 5.76 Å². The monoisotopic (exact) mass is 519 g/mol. The molecule has 1 fully saturated rings. The van der Waals surface area contributed by atoms with E-state index in [-0.39, 0.29) is 41.2 Å². The van der Waals surface area contributed by atoms with Crippen LogP contribution in [0.1, 0.15) is 82.6 Å². The van der Waals surface area contributed by atoms with Crippen molar-refractivity contribution < 1.29 is 29.7 Å². The molecule has 7 heteroatoms. The van der Waals surface area contributed by atoms with Crippen LogP contribution in [0.2, 0.25) is 0 Å². The standard InChI is InChI=1S/C31H37NO6/c1-16(2)20-12-19(10-9-11-32(7)8)25(34)23-21(20)14-29(5)15-30(6)13-17(3)22(18(4)33)27(36)31(30,38)28(37)24(29)26(23)35/h12,16,34-35,38H,11,13-15H2,1-8H3/t29-,30+,31+/m1/s1. The largest absolute Gasteiger partial charge is 0.507 e. The molecule has 0 radical (unpaired) electrons. The Labute approximate surface area is 224 Å². The molecule has 0 heterocycles. The van der Waals surface area contributed by atoms with Crippen molar-refractivity contribution in [1.29, 1.82) is 0 Å². The van der Waals surface area contributed by atoms with Gasteiger partial charge in [-0.1, -0.05) is 45.1 Å². The number of phenols is 1. The number of aliphatic hydroxyl groups is 2. The van der Waals surface area contributed by atoms with Crippen LogP contribution in [0.3, 0.4) is 0 Å². The van der Waals surface area contributed by atoms with Crippen molar-refractivity contribution in [3.8, 4) is 17.6 Å². The molecule has 3 aliphatic rings. The number of Topliss-reactive ketones (excluding diaryl/α,β-unsaturated/α-hetero) is 3. The first-order valence-corrected chi connectivity index (χ1v) is 13.0. The van der Waals surface area contributed by atoms with Gasteiger partial charge >= 0.3 is 0 Å². The summed E-state index contributed by atoms with van der Waals surface area (Å²) in [7, 11) is 3.76. The number of carbonyl (C=O) groups is 3. The van der Waals surface area contributed by atoms with E-state index < -0.39 is 39.5 Å². The highest BCUT2D eigenvalue weighted by atomic mass is 16.3. The van der Waals surface area contributed by atoms with Gasteiger partial charge in [0, 0.05) is 16.4 Å². The van der Waals surface area contributed by atoms with Gasteiger partial charge in [0.2, 0.25) is 11.6 Å². The van der Waals surface area contributed by atoms with Gasteiger partial charge in [-0.2, -0.15) is 0 Å². The van der Waals surface area contributed by atoms with E-state index in [2.05, 4.69) is 11.8 Å². The highest BCUT2D eigenvalue weighted by Crippen LogP contribution is 2.62. The molecule has 0 bridgehead atoms. The van der Waals surface area contributed by atoms with E-state index in [1.54, 1.807) is 13.8 Å². The third-order valence-corrected chi connectivity index (χ3v) is 8.53. The van der Waals surface area contributed by atoms with Crippen LogP contribution < -0.4 is 0 Å². The fourth-order valence-corrected chi connectivity index (χ4v) is 7.02. The fourth-order valence-electron chi connectivity index (χ4n) is 7.02. The Morgan fingerprint density at radius 3 is 2.32 bits per heavy atom. The summed E-state index contributed by atoms with van der Waals surface area (Å²) < 4.78 is 0. The van der Waals surface area contributed by atoms with Crippen molar-refractivity contribution in [3.63, 3.8) is 0 Å². The molecule has 202 valence electrons. The normalized spacial score (nSPS) is 28.7. The predicted octanol–water partition coefficient (Wildman–Crippen LogP) is 3.85. The van der Waals surface area contributed by atoms with Crippen molar-refractivity contribution in [2.75, 3.05) is 20.6 Å². The molecule has 0 aliphatic heterocycles. The quantitative estimate of drug-likeness (QED) is 0.316. The Bertz CT molecular complexity index is 1420. The van der Waals surface area contributed by atoms with E-state index in [1.807, 2.05) is 45.8 Å². The summed E-state index contributed by atoms with van der Waals surface area (Å²) in [5, 5.41) is 34.8. The second-order valence-electron chi connectivity index (χ2n) is 12.4. The summed E-state index contributed by atoms with van der Waals surface area (Å²) in [5.41, 5.74) is -2.13. The van der Waals surface area contributed by atoms with E-state index in [4.69, 9.17) is 0 Å². The van der Waals surface area contributed by atoms with Gasteiger partial charge in [0.05, 0.1) is 23.2 Å². The minimum Gasteiger partial charge on any atom is -0.507 e. The zero-order valence-corrected chi connectivity index (χ0v) is 23.5. The number of ketones is 3. The SMILES string of the molecule is CC(=O)C1=C(C)C[C@@]2(C)C[C@@]3(C)Cc4c(C(C)C)cc(C#CCN(C)C)c(O)c4C(O)=C3C(=O)[C@@]2(O)C1=O. The minimum atomic E-state index is -2.49. The third kappa shape index (κ3) is 3.77. The molecule has 0 saturated heterocycles. The van der Waals surface area contributed by atoms with E-state index in [0.717, 1.165) is 11.1 Å². The van der Waals surface area contributed by atoms with Crippen molar-refractivity contribution in [1.82, 2.24) is 4.90 Å². The number of allylic oxidation sites excluding steroid dienone is 1. The number of rotatable bonds is 3. The van der Waals surface area contributed by atoms with E-state index in [1.165, 1.54) is 6.92 Å². The molecule has 0 unspecified atom stereocenters. The topological polar surface area (TPSA) is 115 Å². The minimum absolute atomic E-state index is 0.0445. The van der Waals surface area contributed by atoms with Crippen LogP contribution in [-0.4, -0.2) is 63.8 Å². The van der Waals surface area contributed by atoms with Crippen molar-refractivity contribution in [2.24, 2.45) is 10.8 Å². The van der Waals surface area contributed by atoms with Crippen LogP contribution in [0.15, 0.2) is 22.8 Å². The Balaban J connectivity index is 2.00. The summed E-state index contributed by atoms with van der Waals surface area (Å²) >= 11 is 0. The zero-order valence-electron chi connectivity index (χ0n) is 23.5. The third-order valence-electron chi connectivity index (χ3n) is 8.53. The van der Waals surface area contributed by atoms with Crippen LogP contribution in [-0.2, 0) is 20.8 Å². The summed E-state index contributed by atoms with van der Waals surface area (Å²) in [4.78, 5) is 42.0. The van der Waals surface area contributed by atoms with E-state index in [0.29, 0.717) is 24.1 Å². The van der Waals surface area contributed by atoms with Crippen LogP contribution in [0.5, 0.6) is 5.75 Å². The number of aliphatic hydroxyl groups excluding tert-OH is 1. The summed E-state index contributed by atoms with van der Waals surface area (Å²) in [5.74, 6) is 3.05. The number of aromatic hydroxyl groups is 1. The average molecular weight is 520 g/mol. The van der Waals surface area contributed by atoms with Gasteiger partial charge in [0.15, 0.2) is 11.4 Å². The number of nitrogens with zero attached hydrogens (tertiary/aromatic N) is 1. The second kappa shape index (κ2) is 8.93. The van der Waals surface area contributed by atoms with Gasteiger partial charge < -0.3 is 15.3 Å². The second-order valence-corrected chi connectivity index (χ2v) is 12.4. The average Bonchev–Trinajstić information content (AvgIpc) is 2.76. The highest BCUT2D eigenvalue weighted by molar-refractivity contribution is 6.33. The lowest BCUT2D eigenvalue weighted by atomic mass is 9.46. The first kappa shape index (κ1) is 27.8. The molecule has 3 N–H and O–H groups in total. The van der Waals surface area contributed by atoms with E-state index >= 15 is 0 Å². The molecule has 1 aromatic rings. The lowest BCUT2D eigenvalue weighted by Crippen LogP contribution is -2.67. The van der Waals surface area contributed by atoms with Gasteiger partial charge in [-0.05, 0) is 70.3 Å².